The molecule has 0 amide bonds. The summed E-state index contributed by atoms with van der Waals surface area (Å²) in [7, 11) is -3.80. The maximum absolute atomic E-state index is 13.3. The number of aliphatic hydroxyl groups is 1. The van der Waals surface area contributed by atoms with Crippen molar-refractivity contribution in [2.24, 2.45) is 0 Å². The number of carbonyl (C=O) groups is 1. The average molecular weight is 388 g/mol. The summed E-state index contributed by atoms with van der Waals surface area (Å²) in [5.41, 5.74) is 1.92. The van der Waals surface area contributed by atoms with E-state index >= 15 is 0 Å². The monoisotopic (exact) mass is 387 g/mol. The Hall–Kier alpha value is -2.28. The van der Waals surface area contributed by atoms with Crippen LogP contribution in [0.3, 0.4) is 0 Å². The molecule has 144 valence electrons. The molecule has 0 heterocycles. The van der Waals surface area contributed by atoms with Crippen LogP contribution in [0.2, 0.25) is 0 Å². The van der Waals surface area contributed by atoms with Gasteiger partial charge >= 0.3 is 0 Å². The molecule has 0 aromatic heterocycles. The quantitative estimate of drug-likeness (QED) is 0.502. The van der Waals surface area contributed by atoms with Gasteiger partial charge in [-0.05, 0) is 31.0 Å². The lowest BCUT2D eigenvalue weighted by Gasteiger charge is -2.29. The van der Waals surface area contributed by atoms with Crippen LogP contribution in [0.25, 0.3) is 0 Å². The average Bonchev–Trinajstić information content (AvgIpc) is 2.66. The number of rotatable bonds is 10. The van der Waals surface area contributed by atoms with Gasteiger partial charge < -0.3 is 9.90 Å². The van der Waals surface area contributed by atoms with E-state index in [-0.39, 0.29) is 24.5 Å². The van der Waals surface area contributed by atoms with Gasteiger partial charge in [-0.25, -0.2) is 8.42 Å². The molecule has 27 heavy (non-hydrogen) atoms. The fraction of sp³-hybridized carbons (Fsp3) is 0.286. The lowest BCUT2D eigenvalue weighted by atomic mass is 10.0. The first kappa shape index (κ1) is 21.0. The largest absolute Gasteiger partial charge is 0.392 e. The number of hydrogen-bond acceptors (Lipinski definition) is 4. The van der Waals surface area contributed by atoms with Crippen molar-refractivity contribution in [3.8, 4) is 0 Å². The van der Waals surface area contributed by atoms with Crippen molar-refractivity contribution < 1.29 is 18.3 Å². The third kappa shape index (κ3) is 5.85. The van der Waals surface area contributed by atoms with Crippen molar-refractivity contribution in [2.45, 2.75) is 30.7 Å². The molecule has 5 nitrogen and oxygen atoms in total. The number of aryl methyl sites for hydroxylation is 1. The van der Waals surface area contributed by atoms with E-state index in [1.54, 1.807) is 30.3 Å². The maximum atomic E-state index is 13.3. The first-order valence-corrected chi connectivity index (χ1v) is 10.2. The zero-order valence-electron chi connectivity index (χ0n) is 15.4. The Bertz CT molecular complexity index is 846. The Morgan fingerprint density at radius 2 is 1.70 bits per heavy atom. The van der Waals surface area contributed by atoms with Crippen LogP contribution >= 0.6 is 0 Å². The van der Waals surface area contributed by atoms with Crippen LogP contribution in [-0.2, 0) is 21.2 Å². The van der Waals surface area contributed by atoms with E-state index in [0.29, 0.717) is 6.42 Å². The van der Waals surface area contributed by atoms with Gasteiger partial charge in [-0.15, -0.1) is 0 Å². The van der Waals surface area contributed by atoms with Crippen molar-refractivity contribution in [1.29, 1.82) is 0 Å². The predicted molar refractivity (Wildman–Crippen MR) is 106 cm³/mol. The molecule has 6 heteroatoms. The molecule has 2 aromatic rings. The summed E-state index contributed by atoms with van der Waals surface area (Å²) in [5.74, 6) is 0. The summed E-state index contributed by atoms with van der Waals surface area (Å²) in [5, 5.41) is 9.00. The summed E-state index contributed by atoms with van der Waals surface area (Å²) in [6.45, 7) is 1.81. The molecule has 0 unspecified atom stereocenters. The van der Waals surface area contributed by atoms with E-state index < -0.39 is 16.1 Å². The lowest BCUT2D eigenvalue weighted by molar-refractivity contribution is -0.108. The van der Waals surface area contributed by atoms with Gasteiger partial charge in [0.15, 0.2) is 0 Å². The van der Waals surface area contributed by atoms with Gasteiger partial charge in [0.05, 0.1) is 11.5 Å². The highest BCUT2D eigenvalue weighted by Gasteiger charge is 2.30. The highest BCUT2D eigenvalue weighted by Crippen LogP contribution is 2.22. The molecule has 0 bridgehead atoms. The first-order chi connectivity index (χ1) is 13.0. The van der Waals surface area contributed by atoms with Crippen molar-refractivity contribution in [1.82, 2.24) is 4.31 Å². The number of hydrogen-bond donors (Lipinski definition) is 1. The number of aldehydes is 1. The molecular formula is C21H25NO4S. The van der Waals surface area contributed by atoms with Crippen molar-refractivity contribution in [3.63, 3.8) is 0 Å². The van der Waals surface area contributed by atoms with Crippen LogP contribution < -0.4 is 0 Å². The van der Waals surface area contributed by atoms with E-state index in [4.69, 9.17) is 5.11 Å². The van der Waals surface area contributed by atoms with E-state index in [0.717, 1.165) is 17.4 Å². The highest BCUT2D eigenvalue weighted by atomic mass is 32.2. The van der Waals surface area contributed by atoms with Gasteiger partial charge in [0.25, 0.3) is 0 Å². The Balaban J connectivity index is 2.41. The second-order valence-corrected chi connectivity index (χ2v) is 8.18. The Labute approximate surface area is 161 Å². The number of benzene rings is 2. The van der Waals surface area contributed by atoms with Gasteiger partial charge in [-0.1, -0.05) is 60.2 Å². The molecule has 2 aromatic carbocycles. The summed E-state index contributed by atoms with van der Waals surface area (Å²) >= 11 is 0. The third-order valence-electron chi connectivity index (χ3n) is 4.27. The van der Waals surface area contributed by atoms with E-state index in [9.17, 15) is 13.2 Å². The molecule has 0 aliphatic heterocycles. The number of carbonyl (C=O) groups excluding carboxylic acids is 1. The summed E-state index contributed by atoms with van der Waals surface area (Å²) < 4.78 is 27.9. The summed E-state index contributed by atoms with van der Waals surface area (Å²) in [6, 6.07) is 15.6. The smallest absolute Gasteiger partial charge is 0.243 e. The predicted octanol–water partition coefficient (Wildman–Crippen LogP) is 2.73. The van der Waals surface area contributed by atoms with Gasteiger partial charge in [0, 0.05) is 19.0 Å². The fourth-order valence-electron chi connectivity index (χ4n) is 2.84. The van der Waals surface area contributed by atoms with Gasteiger partial charge in [-0.2, -0.15) is 4.31 Å². The lowest BCUT2D eigenvalue weighted by Crippen LogP contribution is -2.42. The standard InChI is InChI=1S/C21H25NO4S/c1-18-9-11-21(12-10-18)27(25,26)22(14-5-6-15-23)20(13-16-24)17-19-7-3-2-4-8-19/h2-12,16,20,23H,13-15,17H2,1H3/b6-5+/t20-/m1/s1. The van der Waals surface area contributed by atoms with Gasteiger partial charge in [0.1, 0.15) is 6.29 Å². The molecule has 1 atom stereocenters. The zero-order chi connectivity index (χ0) is 19.7. The topological polar surface area (TPSA) is 74.7 Å². The normalized spacial score (nSPS) is 13.1. The summed E-state index contributed by atoms with van der Waals surface area (Å²) in [4.78, 5) is 11.5. The Morgan fingerprint density at radius 1 is 1.04 bits per heavy atom. The van der Waals surface area contributed by atoms with Crippen molar-refractivity contribution in [3.05, 3.63) is 77.9 Å². The molecule has 0 aliphatic rings. The molecular weight excluding hydrogens is 362 g/mol. The molecule has 0 fully saturated rings. The van der Waals surface area contributed by atoms with E-state index in [2.05, 4.69) is 0 Å². The van der Waals surface area contributed by atoms with Crippen LogP contribution in [-0.4, -0.2) is 43.3 Å². The number of nitrogens with zero attached hydrogens (tertiary/aromatic N) is 1. The molecule has 0 saturated heterocycles. The van der Waals surface area contributed by atoms with Crippen LogP contribution in [0.4, 0.5) is 0 Å². The first-order valence-electron chi connectivity index (χ1n) is 8.81. The Kier molecular flexibility index (Phi) is 7.91. The minimum atomic E-state index is -3.80. The van der Waals surface area contributed by atoms with Crippen molar-refractivity contribution >= 4 is 16.3 Å². The molecule has 0 spiro atoms. The number of sulfonamides is 1. The van der Waals surface area contributed by atoms with Crippen LogP contribution in [0.1, 0.15) is 17.5 Å². The zero-order valence-corrected chi connectivity index (χ0v) is 16.2. The SMILES string of the molecule is Cc1ccc(S(=O)(=O)N(C/C=C/CO)[C@H](CC=O)Cc2ccccc2)cc1. The second-order valence-electron chi connectivity index (χ2n) is 6.29. The number of aliphatic hydroxyl groups excluding tert-OH is 1. The van der Waals surface area contributed by atoms with E-state index in [1.807, 2.05) is 37.3 Å². The van der Waals surface area contributed by atoms with E-state index in [1.165, 1.54) is 10.4 Å². The van der Waals surface area contributed by atoms with Gasteiger partial charge in [-0.3, -0.25) is 0 Å². The molecule has 0 radical (unpaired) electrons. The molecule has 0 saturated carbocycles. The highest BCUT2D eigenvalue weighted by molar-refractivity contribution is 7.89. The fourth-order valence-corrected chi connectivity index (χ4v) is 4.43. The maximum Gasteiger partial charge on any atom is 0.243 e. The summed E-state index contributed by atoms with van der Waals surface area (Å²) in [6.07, 6.45) is 4.37. The van der Waals surface area contributed by atoms with Crippen LogP contribution in [0.15, 0.2) is 71.6 Å². The minimum Gasteiger partial charge on any atom is -0.392 e. The van der Waals surface area contributed by atoms with Gasteiger partial charge in [0.2, 0.25) is 10.0 Å². The van der Waals surface area contributed by atoms with Crippen LogP contribution in [0, 0.1) is 6.92 Å². The second kappa shape index (κ2) is 10.2. The van der Waals surface area contributed by atoms with Crippen LogP contribution in [0.5, 0.6) is 0 Å². The molecule has 2 rings (SSSR count). The minimum absolute atomic E-state index is 0.0854. The third-order valence-corrected chi connectivity index (χ3v) is 6.21. The van der Waals surface area contributed by atoms with Crippen molar-refractivity contribution in [2.75, 3.05) is 13.2 Å². The Morgan fingerprint density at radius 3 is 2.30 bits per heavy atom. The molecule has 1 N–H and O–H groups in total. The molecule has 0 aliphatic carbocycles.